The predicted molar refractivity (Wildman–Crippen MR) is 101 cm³/mol. The lowest BCUT2D eigenvalue weighted by Gasteiger charge is -2.10. The summed E-state index contributed by atoms with van der Waals surface area (Å²) in [5, 5.41) is 3.23. The maximum atomic E-state index is 12.4. The van der Waals surface area contributed by atoms with E-state index in [1.807, 2.05) is 19.1 Å². The molecule has 2 heterocycles. The topological polar surface area (TPSA) is 87.5 Å². The number of hydrogen-bond donors (Lipinski definition) is 3. The molecular weight excluding hydrogens is 377 g/mol. The van der Waals surface area contributed by atoms with Crippen molar-refractivity contribution in [3.63, 3.8) is 0 Å². The minimum atomic E-state index is -0.626. The first-order valence-electron chi connectivity index (χ1n) is 7.63. The molecule has 3 rings (SSSR count). The number of carbonyl (C=O) groups excluding carboxylic acids is 2. The van der Waals surface area contributed by atoms with Crippen LogP contribution < -0.4 is 16.2 Å². The zero-order valence-electron chi connectivity index (χ0n) is 13.9. The molecule has 0 aliphatic rings. The summed E-state index contributed by atoms with van der Waals surface area (Å²) in [6.07, 6.45) is 1.76. The number of aryl methyl sites for hydroxylation is 2. The minimum absolute atomic E-state index is 0.310. The van der Waals surface area contributed by atoms with Crippen LogP contribution >= 0.6 is 23.2 Å². The molecule has 0 unspecified atom stereocenters. The molecule has 0 radical (unpaired) electrons. The van der Waals surface area contributed by atoms with Gasteiger partial charge < -0.3 is 5.32 Å². The van der Waals surface area contributed by atoms with Crippen LogP contribution in [0.25, 0.3) is 5.65 Å². The van der Waals surface area contributed by atoms with Crippen molar-refractivity contribution in [3.05, 3.63) is 63.5 Å². The monoisotopic (exact) mass is 391 g/mol. The van der Waals surface area contributed by atoms with Gasteiger partial charge in [0.05, 0.1) is 15.7 Å². The number of rotatable bonds is 2. The fourth-order valence-corrected chi connectivity index (χ4v) is 2.74. The third-order valence-electron chi connectivity index (χ3n) is 3.64. The average molecular weight is 392 g/mol. The molecule has 26 heavy (non-hydrogen) atoms. The summed E-state index contributed by atoms with van der Waals surface area (Å²) < 4.78 is 1.66. The van der Waals surface area contributed by atoms with Crippen molar-refractivity contribution in [2.75, 3.05) is 5.32 Å². The van der Waals surface area contributed by atoms with Gasteiger partial charge >= 0.3 is 6.03 Å². The highest BCUT2D eigenvalue weighted by Gasteiger charge is 2.17. The summed E-state index contributed by atoms with van der Waals surface area (Å²) in [6.45, 7) is 3.67. The van der Waals surface area contributed by atoms with Gasteiger partial charge in [0.15, 0.2) is 0 Å². The molecule has 3 aromatic rings. The number of anilines is 1. The van der Waals surface area contributed by atoms with Gasteiger partial charge in [-0.15, -0.1) is 0 Å². The predicted octanol–water partition coefficient (Wildman–Crippen LogP) is 3.72. The fraction of sp³-hybridized carbons (Fsp3) is 0.118. The maximum absolute atomic E-state index is 12.4. The number of fused-ring (bicyclic) bond motifs is 1. The zero-order valence-corrected chi connectivity index (χ0v) is 15.4. The molecule has 2 aromatic heterocycles. The summed E-state index contributed by atoms with van der Waals surface area (Å²) in [5.74, 6) is -0.483. The lowest BCUT2D eigenvalue weighted by molar-refractivity contribution is 0.0931. The summed E-state index contributed by atoms with van der Waals surface area (Å²) >= 11 is 11.7. The Morgan fingerprint density at radius 3 is 2.54 bits per heavy atom. The quantitative estimate of drug-likeness (QED) is 0.581. The van der Waals surface area contributed by atoms with E-state index in [0.29, 0.717) is 32.8 Å². The SMILES string of the molecule is Cc1ccn2c(C(=O)NNC(=O)Nc3ccc(Cl)c(Cl)c3)c(C)nc2c1. The largest absolute Gasteiger partial charge is 0.337 e. The highest BCUT2D eigenvalue weighted by Crippen LogP contribution is 2.24. The second kappa shape index (κ2) is 7.23. The Morgan fingerprint density at radius 2 is 1.81 bits per heavy atom. The van der Waals surface area contributed by atoms with Gasteiger partial charge in [-0.2, -0.15) is 0 Å². The number of urea groups is 1. The van der Waals surface area contributed by atoms with Crippen molar-refractivity contribution < 1.29 is 9.59 Å². The average Bonchev–Trinajstić information content (AvgIpc) is 2.91. The molecule has 0 bridgehead atoms. The molecule has 9 heteroatoms. The number of hydrazine groups is 1. The van der Waals surface area contributed by atoms with E-state index in [9.17, 15) is 9.59 Å². The molecular formula is C17H15Cl2N5O2. The first-order valence-corrected chi connectivity index (χ1v) is 8.38. The molecule has 0 fully saturated rings. The molecule has 1 aromatic carbocycles. The van der Waals surface area contributed by atoms with Crippen LogP contribution in [0.3, 0.4) is 0 Å². The summed E-state index contributed by atoms with van der Waals surface area (Å²) in [6, 6.07) is 7.76. The van der Waals surface area contributed by atoms with Crippen molar-refractivity contribution in [3.8, 4) is 0 Å². The van der Waals surface area contributed by atoms with Crippen LogP contribution in [0.2, 0.25) is 10.0 Å². The van der Waals surface area contributed by atoms with E-state index in [0.717, 1.165) is 5.56 Å². The van der Waals surface area contributed by atoms with Crippen molar-refractivity contribution >= 4 is 46.5 Å². The molecule has 0 saturated carbocycles. The number of carbonyl (C=O) groups is 2. The number of nitrogens with zero attached hydrogens (tertiary/aromatic N) is 2. The lowest BCUT2D eigenvalue weighted by Crippen LogP contribution is -2.44. The standard InChI is InChI=1S/C17H15Cl2N5O2/c1-9-5-6-24-14(7-9)20-10(2)15(24)16(25)22-23-17(26)21-11-3-4-12(18)13(19)8-11/h3-8H,1-2H3,(H,22,25)(H2,21,23,26). The van der Waals surface area contributed by atoms with E-state index >= 15 is 0 Å². The van der Waals surface area contributed by atoms with Crippen LogP contribution in [-0.2, 0) is 0 Å². The van der Waals surface area contributed by atoms with Crippen LogP contribution in [0.15, 0.2) is 36.5 Å². The molecule has 7 nitrogen and oxygen atoms in total. The van der Waals surface area contributed by atoms with Crippen LogP contribution in [0.4, 0.5) is 10.5 Å². The van der Waals surface area contributed by atoms with Crippen molar-refractivity contribution in [1.29, 1.82) is 0 Å². The number of amides is 3. The number of aromatic nitrogens is 2. The Balaban J connectivity index is 1.68. The molecule has 0 spiro atoms. The third kappa shape index (κ3) is 3.74. The third-order valence-corrected chi connectivity index (χ3v) is 4.38. The minimum Gasteiger partial charge on any atom is -0.307 e. The van der Waals surface area contributed by atoms with E-state index in [-0.39, 0.29) is 0 Å². The number of pyridine rings is 1. The van der Waals surface area contributed by atoms with Gasteiger partial charge in [-0.3, -0.25) is 14.6 Å². The first kappa shape index (κ1) is 18.0. The van der Waals surface area contributed by atoms with Gasteiger partial charge in [-0.25, -0.2) is 15.2 Å². The number of hydrogen-bond acceptors (Lipinski definition) is 3. The Morgan fingerprint density at radius 1 is 1.04 bits per heavy atom. The van der Waals surface area contributed by atoms with Crippen molar-refractivity contribution in [2.45, 2.75) is 13.8 Å². The summed E-state index contributed by atoms with van der Waals surface area (Å²) in [5.41, 5.74) is 7.68. The van der Waals surface area contributed by atoms with Gasteiger partial charge in [-0.1, -0.05) is 23.2 Å². The molecule has 0 aliphatic carbocycles. The lowest BCUT2D eigenvalue weighted by atomic mass is 10.3. The number of halogens is 2. The van der Waals surface area contributed by atoms with E-state index in [1.165, 1.54) is 6.07 Å². The van der Waals surface area contributed by atoms with Crippen molar-refractivity contribution in [2.24, 2.45) is 0 Å². The van der Waals surface area contributed by atoms with Crippen LogP contribution in [0.5, 0.6) is 0 Å². The van der Waals surface area contributed by atoms with Crippen molar-refractivity contribution in [1.82, 2.24) is 20.2 Å². The molecule has 0 atom stereocenters. The van der Waals surface area contributed by atoms with Gasteiger partial charge in [0, 0.05) is 11.9 Å². The maximum Gasteiger partial charge on any atom is 0.337 e. The summed E-state index contributed by atoms with van der Waals surface area (Å²) in [4.78, 5) is 28.7. The Labute approximate surface area is 159 Å². The highest BCUT2D eigenvalue weighted by atomic mass is 35.5. The van der Waals surface area contributed by atoms with Gasteiger partial charge in [-0.05, 0) is 49.7 Å². The van der Waals surface area contributed by atoms with E-state index in [2.05, 4.69) is 21.2 Å². The van der Waals surface area contributed by atoms with Crippen LogP contribution in [0.1, 0.15) is 21.7 Å². The Hall–Kier alpha value is -2.77. The second-order valence-corrected chi connectivity index (χ2v) is 6.45. The second-order valence-electron chi connectivity index (χ2n) is 5.64. The van der Waals surface area contributed by atoms with Crippen LogP contribution in [0, 0.1) is 13.8 Å². The van der Waals surface area contributed by atoms with Gasteiger partial charge in [0.25, 0.3) is 5.91 Å². The Kier molecular flexibility index (Phi) is 5.01. The number of imidazole rings is 1. The zero-order chi connectivity index (χ0) is 18.8. The van der Waals surface area contributed by atoms with Gasteiger partial charge in [0.2, 0.25) is 0 Å². The molecule has 0 saturated heterocycles. The molecule has 134 valence electrons. The van der Waals surface area contributed by atoms with E-state index in [4.69, 9.17) is 23.2 Å². The Bertz CT molecular complexity index is 1020. The molecule has 3 N–H and O–H groups in total. The smallest absolute Gasteiger partial charge is 0.307 e. The first-order chi connectivity index (χ1) is 12.3. The number of nitrogens with one attached hydrogen (secondary N) is 3. The van der Waals surface area contributed by atoms with E-state index in [1.54, 1.807) is 29.7 Å². The normalized spacial score (nSPS) is 10.6. The number of benzene rings is 1. The molecule has 3 amide bonds. The van der Waals surface area contributed by atoms with Crippen LogP contribution in [-0.4, -0.2) is 21.3 Å². The highest BCUT2D eigenvalue weighted by molar-refractivity contribution is 6.42. The molecule has 0 aliphatic heterocycles. The van der Waals surface area contributed by atoms with Gasteiger partial charge in [0.1, 0.15) is 11.3 Å². The fourth-order valence-electron chi connectivity index (χ4n) is 2.45. The van der Waals surface area contributed by atoms with E-state index < -0.39 is 11.9 Å². The summed E-state index contributed by atoms with van der Waals surface area (Å²) in [7, 11) is 0.